The smallest absolute Gasteiger partial charge is 0.246 e. The minimum atomic E-state index is -0.396. The number of imide groups is 1. The van der Waals surface area contributed by atoms with E-state index in [1.165, 1.54) is 15.8 Å². The van der Waals surface area contributed by atoms with Crippen molar-refractivity contribution in [3.05, 3.63) is 71.4 Å². The van der Waals surface area contributed by atoms with Gasteiger partial charge in [0.1, 0.15) is 0 Å². The molecule has 5 rings (SSSR count). The number of nitrogens with one attached hydrogen (secondary N) is 1. The molecule has 0 saturated carbocycles. The predicted molar refractivity (Wildman–Crippen MR) is 103 cm³/mol. The number of fused-ring (bicyclic) bond motifs is 3. The fourth-order valence-corrected chi connectivity index (χ4v) is 4.58. The van der Waals surface area contributed by atoms with E-state index in [0.717, 1.165) is 29.7 Å². The molecular weight excluding hydrogens is 338 g/mol. The molecule has 0 spiro atoms. The topological polar surface area (TPSA) is 56.4 Å². The van der Waals surface area contributed by atoms with Crippen LogP contribution in [0, 0.1) is 0 Å². The second-order valence-corrected chi connectivity index (χ2v) is 7.37. The molecule has 27 heavy (non-hydrogen) atoms. The molecule has 2 aromatic carbocycles. The zero-order chi connectivity index (χ0) is 18.5. The van der Waals surface area contributed by atoms with Gasteiger partial charge < -0.3 is 4.98 Å². The Hall–Kier alpha value is -2.92. The van der Waals surface area contributed by atoms with Crippen LogP contribution in [0.4, 0.5) is 0 Å². The number of para-hydroxylation sites is 1. The number of likely N-dealkylation sites (tertiary alicyclic amines) is 1. The molecule has 0 unspecified atom stereocenters. The van der Waals surface area contributed by atoms with E-state index in [1.807, 2.05) is 24.3 Å². The van der Waals surface area contributed by atoms with Crippen molar-refractivity contribution in [2.24, 2.45) is 0 Å². The van der Waals surface area contributed by atoms with Crippen LogP contribution in [-0.4, -0.2) is 46.2 Å². The molecular formula is C22H21N3O2. The van der Waals surface area contributed by atoms with E-state index < -0.39 is 6.04 Å². The van der Waals surface area contributed by atoms with Crippen molar-refractivity contribution in [2.75, 3.05) is 13.6 Å². The highest BCUT2D eigenvalue weighted by atomic mass is 16.2. The highest BCUT2D eigenvalue weighted by Crippen LogP contribution is 2.40. The zero-order valence-corrected chi connectivity index (χ0v) is 15.2. The van der Waals surface area contributed by atoms with Crippen LogP contribution >= 0.6 is 0 Å². The van der Waals surface area contributed by atoms with E-state index in [1.54, 1.807) is 7.05 Å². The number of amides is 2. The summed E-state index contributed by atoms with van der Waals surface area (Å²) in [6.07, 6.45) is 1.12. The molecule has 2 amide bonds. The molecule has 1 saturated heterocycles. The van der Waals surface area contributed by atoms with Gasteiger partial charge in [0.2, 0.25) is 11.8 Å². The first-order valence-corrected chi connectivity index (χ1v) is 9.35. The maximum Gasteiger partial charge on any atom is 0.246 e. The Morgan fingerprint density at radius 3 is 2.48 bits per heavy atom. The summed E-state index contributed by atoms with van der Waals surface area (Å²) in [5.74, 6) is -0.195. The molecule has 5 heteroatoms. The van der Waals surface area contributed by atoms with Crippen molar-refractivity contribution in [3.8, 4) is 0 Å². The number of nitrogens with zero attached hydrogens (tertiary/aromatic N) is 2. The molecule has 1 aromatic heterocycles. The molecule has 1 N–H and O–H groups in total. The SMILES string of the molecule is CN1C(=O)C[C@H](N2CCc3c([nH]c4ccccc34)[C@@H]2c2ccccc2)C1=O. The summed E-state index contributed by atoms with van der Waals surface area (Å²) in [6, 6.07) is 18.1. The molecule has 3 heterocycles. The fraction of sp³-hybridized carbons (Fsp3) is 0.273. The van der Waals surface area contributed by atoms with Crippen LogP contribution < -0.4 is 0 Å². The van der Waals surface area contributed by atoms with E-state index in [9.17, 15) is 9.59 Å². The molecule has 136 valence electrons. The van der Waals surface area contributed by atoms with Crippen LogP contribution in [0.15, 0.2) is 54.6 Å². The van der Waals surface area contributed by atoms with Gasteiger partial charge in [0.15, 0.2) is 0 Å². The summed E-state index contributed by atoms with van der Waals surface area (Å²) in [7, 11) is 1.58. The summed E-state index contributed by atoms with van der Waals surface area (Å²) in [6.45, 7) is 0.756. The van der Waals surface area contributed by atoms with Gasteiger partial charge in [-0.3, -0.25) is 19.4 Å². The first kappa shape index (κ1) is 16.3. The summed E-state index contributed by atoms with van der Waals surface area (Å²) in [4.78, 5) is 31.9. The Bertz CT molecular complexity index is 1040. The van der Waals surface area contributed by atoms with Gasteiger partial charge in [-0.05, 0) is 23.6 Å². The Labute approximate surface area is 157 Å². The Kier molecular flexibility index (Phi) is 3.65. The van der Waals surface area contributed by atoms with Crippen molar-refractivity contribution in [1.29, 1.82) is 0 Å². The van der Waals surface area contributed by atoms with Crippen molar-refractivity contribution < 1.29 is 9.59 Å². The van der Waals surface area contributed by atoms with Crippen molar-refractivity contribution in [1.82, 2.24) is 14.8 Å². The second kappa shape index (κ2) is 6.06. The maximum absolute atomic E-state index is 12.7. The van der Waals surface area contributed by atoms with Crippen molar-refractivity contribution in [2.45, 2.75) is 24.9 Å². The normalized spacial score (nSPS) is 23.2. The van der Waals surface area contributed by atoms with E-state index in [-0.39, 0.29) is 24.3 Å². The molecule has 0 bridgehead atoms. The number of carbonyl (C=O) groups is 2. The van der Waals surface area contributed by atoms with Gasteiger partial charge in [-0.25, -0.2) is 0 Å². The minimum absolute atomic E-state index is 0.0596. The van der Waals surface area contributed by atoms with Crippen LogP contribution in [0.2, 0.25) is 0 Å². The van der Waals surface area contributed by atoms with Gasteiger partial charge in [-0.2, -0.15) is 0 Å². The monoisotopic (exact) mass is 359 g/mol. The average Bonchev–Trinajstić information content (AvgIpc) is 3.20. The van der Waals surface area contributed by atoms with Crippen LogP contribution in [0.3, 0.4) is 0 Å². The third kappa shape index (κ3) is 2.42. The number of benzene rings is 2. The molecule has 5 nitrogen and oxygen atoms in total. The van der Waals surface area contributed by atoms with Gasteiger partial charge in [0, 0.05) is 30.2 Å². The van der Waals surface area contributed by atoms with E-state index in [2.05, 4.69) is 40.2 Å². The Balaban J connectivity index is 1.67. The van der Waals surface area contributed by atoms with Gasteiger partial charge in [0.05, 0.1) is 18.5 Å². The lowest BCUT2D eigenvalue weighted by Gasteiger charge is -2.39. The number of carbonyl (C=O) groups excluding carboxylic acids is 2. The molecule has 2 atom stereocenters. The third-order valence-corrected chi connectivity index (χ3v) is 5.95. The van der Waals surface area contributed by atoms with E-state index in [4.69, 9.17) is 0 Å². The lowest BCUT2D eigenvalue weighted by molar-refractivity contribution is -0.138. The van der Waals surface area contributed by atoms with Gasteiger partial charge in [-0.15, -0.1) is 0 Å². The molecule has 1 fully saturated rings. The molecule has 0 radical (unpaired) electrons. The van der Waals surface area contributed by atoms with Crippen LogP contribution in [0.1, 0.15) is 29.3 Å². The van der Waals surface area contributed by atoms with Crippen molar-refractivity contribution in [3.63, 3.8) is 0 Å². The fourth-order valence-electron chi connectivity index (χ4n) is 4.58. The Morgan fingerprint density at radius 1 is 1.00 bits per heavy atom. The molecule has 0 aliphatic carbocycles. The van der Waals surface area contributed by atoms with E-state index in [0.29, 0.717) is 0 Å². The number of aromatic nitrogens is 1. The van der Waals surface area contributed by atoms with Crippen molar-refractivity contribution >= 4 is 22.7 Å². The number of H-pyrrole nitrogens is 1. The quantitative estimate of drug-likeness (QED) is 0.716. The number of hydrogen-bond donors (Lipinski definition) is 1. The lowest BCUT2D eigenvalue weighted by atomic mass is 9.90. The predicted octanol–water partition coefficient (Wildman–Crippen LogP) is 2.87. The Morgan fingerprint density at radius 2 is 1.74 bits per heavy atom. The first-order chi connectivity index (χ1) is 13.1. The summed E-state index contributed by atoms with van der Waals surface area (Å²) < 4.78 is 0. The number of rotatable bonds is 2. The van der Waals surface area contributed by atoms with Crippen LogP contribution in [0.25, 0.3) is 10.9 Å². The lowest BCUT2D eigenvalue weighted by Crippen LogP contribution is -2.46. The van der Waals surface area contributed by atoms with Crippen LogP contribution in [0.5, 0.6) is 0 Å². The van der Waals surface area contributed by atoms with Gasteiger partial charge >= 0.3 is 0 Å². The maximum atomic E-state index is 12.7. The highest BCUT2D eigenvalue weighted by molar-refractivity contribution is 6.05. The zero-order valence-electron chi connectivity index (χ0n) is 15.2. The summed E-state index contributed by atoms with van der Waals surface area (Å²) in [5.41, 5.74) is 4.72. The van der Waals surface area contributed by atoms with Gasteiger partial charge in [-0.1, -0.05) is 48.5 Å². The third-order valence-electron chi connectivity index (χ3n) is 5.95. The van der Waals surface area contributed by atoms with Crippen LogP contribution in [-0.2, 0) is 16.0 Å². The summed E-state index contributed by atoms with van der Waals surface area (Å²) in [5, 5.41) is 1.25. The number of hydrogen-bond acceptors (Lipinski definition) is 3. The number of aromatic amines is 1. The van der Waals surface area contributed by atoms with E-state index >= 15 is 0 Å². The average molecular weight is 359 g/mol. The first-order valence-electron chi connectivity index (χ1n) is 9.35. The molecule has 3 aromatic rings. The molecule has 2 aliphatic heterocycles. The minimum Gasteiger partial charge on any atom is -0.357 e. The second-order valence-electron chi connectivity index (χ2n) is 7.37. The highest BCUT2D eigenvalue weighted by Gasteiger charge is 2.45. The van der Waals surface area contributed by atoms with Gasteiger partial charge in [0.25, 0.3) is 0 Å². The molecule has 2 aliphatic rings. The summed E-state index contributed by atoms with van der Waals surface area (Å²) >= 11 is 0. The standard InChI is InChI=1S/C22H21N3O2/c1-24-19(26)13-18(22(24)27)25-12-11-16-15-9-5-6-10-17(15)23-20(16)21(25)14-7-3-2-4-8-14/h2-10,18,21,23H,11-13H2,1H3/t18-,21-/m0/s1. The largest absolute Gasteiger partial charge is 0.357 e. The number of likely N-dealkylation sites (N-methyl/N-ethyl adjacent to an activating group) is 1.